The van der Waals surface area contributed by atoms with Gasteiger partial charge in [-0.1, -0.05) is 274 Å². The van der Waals surface area contributed by atoms with E-state index < -0.39 is 12.1 Å². The molecule has 2 unspecified atom stereocenters. The Kier molecular flexibility index (Phi) is 58.5. The van der Waals surface area contributed by atoms with Gasteiger partial charge in [-0.25, -0.2) is 0 Å². The third-order valence-electron chi connectivity index (χ3n) is 14.4. The van der Waals surface area contributed by atoms with E-state index in [1.54, 1.807) is 0 Å². The van der Waals surface area contributed by atoms with Crippen molar-refractivity contribution >= 4 is 11.9 Å². The quantitative estimate of drug-likeness (QED) is 0.0321. The second-order valence-electron chi connectivity index (χ2n) is 21.4. The minimum absolute atomic E-state index is 0.00187. The van der Waals surface area contributed by atoms with E-state index in [0.29, 0.717) is 25.9 Å². The van der Waals surface area contributed by atoms with Gasteiger partial charge in [0.25, 0.3) is 0 Å². The van der Waals surface area contributed by atoms with Gasteiger partial charge in [-0.3, -0.25) is 9.59 Å². The largest absolute Gasteiger partial charge is 0.466 e. The fourth-order valence-electron chi connectivity index (χ4n) is 9.52. The van der Waals surface area contributed by atoms with Crippen molar-refractivity contribution in [2.75, 3.05) is 13.2 Å². The van der Waals surface area contributed by atoms with Gasteiger partial charge in [-0.05, 0) is 89.9 Å². The van der Waals surface area contributed by atoms with Gasteiger partial charge in [0.1, 0.15) is 0 Å². The molecule has 0 fully saturated rings. The minimum atomic E-state index is -0.663. The molecule has 0 aromatic carbocycles. The van der Waals surface area contributed by atoms with Crippen LogP contribution in [0.25, 0.3) is 0 Å². The van der Waals surface area contributed by atoms with Gasteiger partial charge in [0.2, 0.25) is 5.91 Å². The van der Waals surface area contributed by atoms with Crippen LogP contribution in [0.2, 0.25) is 0 Å². The monoisotopic (exact) mass is 996 g/mol. The number of unbranched alkanes of at least 4 members (excludes halogenated alkanes) is 39. The molecule has 2 atom stereocenters. The van der Waals surface area contributed by atoms with Gasteiger partial charge < -0.3 is 20.3 Å². The number of ether oxygens (including phenoxy) is 1. The highest BCUT2D eigenvalue weighted by Gasteiger charge is 2.20. The van der Waals surface area contributed by atoms with Crippen LogP contribution >= 0.6 is 0 Å². The lowest BCUT2D eigenvalue weighted by Crippen LogP contribution is -2.45. The third-order valence-corrected chi connectivity index (χ3v) is 14.4. The fourth-order valence-corrected chi connectivity index (χ4v) is 9.52. The molecular formula is C65H121NO5. The maximum Gasteiger partial charge on any atom is 0.305 e. The number of carbonyl (C=O) groups is 2. The number of carbonyl (C=O) groups excluding carboxylic acids is 2. The molecule has 0 saturated carbocycles. The molecule has 0 saturated heterocycles. The zero-order valence-corrected chi connectivity index (χ0v) is 47.5. The molecule has 0 aromatic heterocycles. The lowest BCUT2D eigenvalue weighted by atomic mass is 10.0. The summed E-state index contributed by atoms with van der Waals surface area (Å²) < 4.78 is 5.48. The summed E-state index contributed by atoms with van der Waals surface area (Å²) in [4.78, 5) is 24.5. The van der Waals surface area contributed by atoms with E-state index in [0.717, 1.165) is 57.8 Å². The van der Waals surface area contributed by atoms with Gasteiger partial charge in [-0.15, -0.1) is 0 Å². The Morgan fingerprint density at radius 2 is 0.704 bits per heavy atom. The Morgan fingerprint density at radius 1 is 0.394 bits per heavy atom. The Balaban J connectivity index is 3.39. The highest BCUT2D eigenvalue weighted by Crippen LogP contribution is 2.17. The predicted octanol–water partition coefficient (Wildman–Crippen LogP) is 19.7. The first-order chi connectivity index (χ1) is 35.0. The third kappa shape index (κ3) is 57.0. The number of rotatable bonds is 58. The van der Waals surface area contributed by atoms with Crippen LogP contribution in [0.5, 0.6) is 0 Å². The molecule has 0 aliphatic carbocycles. The number of esters is 1. The Bertz CT molecular complexity index is 1190. The second kappa shape index (κ2) is 60.4. The minimum Gasteiger partial charge on any atom is -0.466 e. The molecule has 0 bridgehead atoms. The van der Waals surface area contributed by atoms with Gasteiger partial charge in [0, 0.05) is 12.8 Å². The standard InChI is InChI=1S/C65H121NO5/c1-3-5-7-9-11-13-14-15-16-33-36-39-43-47-51-55-59-65(70)71-60-56-52-48-44-40-37-34-31-29-27-25-23-21-19-17-18-20-22-24-26-28-30-32-35-38-42-46-50-54-58-64(69)66-62(61-67)63(68)57-53-49-45-41-12-10-8-6-4-2/h13-14,16-17,19,23,25,33,62-63,67-68H,3-12,15,18,20-22,24,26-32,34-61H2,1-2H3,(H,66,69)/b14-13-,19-17-,25-23-,33-16-. The van der Waals surface area contributed by atoms with Crippen LogP contribution in [-0.4, -0.2) is 47.4 Å². The molecule has 6 nitrogen and oxygen atoms in total. The van der Waals surface area contributed by atoms with E-state index in [-0.39, 0.29) is 18.5 Å². The number of hydrogen-bond donors (Lipinski definition) is 3. The summed E-state index contributed by atoms with van der Waals surface area (Å²) in [6, 6.07) is -0.541. The Labute approximate surface area is 442 Å². The van der Waals surface area contributed by atoms with E-state index >= 15 is 0 Å². The molecule has 0 aliphatic rings. The van der Waals surface area contributed by atoms with Crippen LogP contribution in [0.15, 0.2) is 48.6 Å². The van der Waals surface area contributed by atoms with E-state index in [9.17, 15) is 19.8 Å². The van der Waals surface area contributed by atoms with Crippen LogP contribution in [0, 0.1) is 0 Å². The summed E-state index contributed by atoms with van der Waals surface area (Å²) in [5, 5.41) is 23.1. The average Bonchev–Trinajstić information content (AvgIpc) is 3.37. The number of aliphatic hydroxyl groups excluding tert-OH is 2. The summed E-state index contributed by atoms with van der Waals surface area (Å²) in [6.45, 7) is 4.91. The predicted molar refractivity (Wildman–Crippen MR) is 310 cm³/mol. The average molecular weight is 997 g/mol. The summed E-state index contributed by atoms with van der Waals surface area (Å²) in [5.41, 5.74) is 0. The Morgan fingerprint density at radius 3 is 1.08 bits per heavy atom. The van der Waals surface area contributed by atoms with Crippen molar-refractivity contribution in [3.8, 4) is 0 Å². The van der Waals surface area contributed by atoms with E-state index in [4.69, 9.17) is 4.74 Å². The van der Waals surface area contributed by atoms with E-state index in [1.807, 2.05) is 0 Å². The Hall–Kier alpha value is -2.18. The van der Waals surface area contributed by atoms with E-state index in [1.165, 1.54) is 238 Å². The van der Waals surface area contributed by atoms with Gasteiger partial charge in [0.05, 0.1) is 25.4 Å². The smallest absolute Gasteiger partial charge is 0.305 e. The summed E-state index contributed by atoms with van der Waals surface area (Å²) >= 11 is 0. The van der Waals surface area contributed by atoms with E-state index in [2.05, 4.69) is 67.8 Å². The number of amides is 1. The second-order valence-corrected chi connectivity index (χ2v) is 21.4. The number of nitrogens with one attached hydrogen (secondary N) is 1. The van der Waals surface area contributed by atoms with Crippen molar-refractivity contribution in [3.63, 3.8) is 0 Å². The van der Waals surface area contributed by atoms with Gasteiger partial charge >= 0.3 is 5.97 Å². The molecule has 0 heterocycles. The molecule has 0 aliphatic heterocycles. The zero-order valence-electron chi connectivity index (χ0n) is 47.5. The van der Waals surface area contributed by atoms with Crippen molar-refractivity contribution in [1.29, 1.82) is 0 Å². The maximum absolute atomic E-state index is 12.4. The number of hydrogen-bond acceptors (Lipinski definition) is 5. The molecule has 0 rings (SSSR count). The topological polar surface area (TPSA) is 95.9 Å². The molecule has 416 valence electrons. The first-order valence-corrected chi connectivity index (χ1v) is 31.4. The lowest BCUT2D eigenvalue weighted by Gasteiger charge is -2.22. The maximum atomic E-state index is 12.4. The molecule has 3 N–H and O–H groups in total. The fraction of sp³-hybridized carbons (Fsp3) is 0.846. The molecule has 6 heteroatoms. The number of aliphatic hydroxyl groups is 2. The van der Waals surface area contributed by atoms with Crippen molar-refractivity contribution in [2.24, 2.45) is 0 Å². The van der Waals surface area contributed by atoms with Gasteiger partial charge in [-0.2, -0.15) is 0 Å². The molecule has 0 spiro atoms. The zero-order chi connectivity index (χ0) is 51.4. The molecule has 0 aromatic rings. The van der Waals surface area contributed by atoms with Crippen molar-refractivity contribution in [3.05, 3.63) is 48.6 Å². The van der Waals surface area contributed by atoms with Gasteiger partial charge in [0.15, 0.2) is 0 Å². The first kappa shape index (κ1) is 68.8. The summed E-state index contributed by atoms with van der Waals surface area (Å²) in [6.07, 6.45) is 77.1. The number of allylic oxidation sites excluding steroid dienone is 8. The van der Waals surface area contributed by atoms with Crippen molar-refractivity contribution in [2.45, 2.75) is 341 Å². The normalized spacial score (nSPS) is 12.9. The van der Waals surface area contributed by atoms with Crippen LogP contribution in [0.4, 0.5) is 0 Å². The molecule has 1 amide bonds. The molecule has 0 radical (unpaired) electrons. The molecule has 71 heavy (non-hydrogen) atoms. The van der Waals surface area contributed by atoms with Crippen LogP contribution < -0.4 is 5.32 Å². The highest BCUT2D eigenvalue weighted by atomic mass is 16.5. The van der Waals surface area contributed by atoms with Crippen molar-refractivity contribution < 1.29 is 24.5 Å². The highest BCUT2D eigenvalue weighted by molar-refractivity contribution is 5.76. The van der Waals surface area contributed by atoms with Crippen LogP contribution in [-0.2, 0) is 14.3 Å². The summed E-state index contributed by atoms with van der Waals surface area (Å²) in [7, 11) is 0. The van der Waals surface area contributed by atoms with Crippen LogP contribution in [0.1, 0.15) is 328 Å². The SMILES string of the molecule is CCCCCC/C=C\C/C=C\CCCCCCCC(=O)OCCCCCCCCCCC/C=C\C/C=C\CCCCCCCCCCCCCCCC(=O)NC(CO)C(O)CCCCCCCCCCC. The first-order valence-electron chi connectivity index (χ1n) is 31.4. The summed E-state index contributed by atoms with van der Waals surface area (Å²) in [5.74, 6) is -0.0402. The molecular weight excluding hydrogens is 875 g/mol. The van der Waals surface area contributed by atoms with Crippen LogP contribution in [0.3, 0.4) is 0 Å². The lowest BCUT2D eigenvalue weighted by molar-refractivity contribution is -0.143. The van der Waals surface area contributed by atoms with Crippen molar-refractivity contribution in [1.82, 2.24) is 5.32 Å².